The van der Waals surface area contributed by atoms with Crippen molar-refractivity contribution >= 4 is 17.6 Å². The molecule has 1 aromatic rings. The molecule has 0 unspecified atom stereocenters. The van der Waals surface area contributed by atoms with E-state index in [0.717, 1.165) is 0 Å². The zero-order valence-electron chi connectivity index (χ0n) is 10.3. The average Bonchev–Trinajstić information content (AvgIpc) is 2.84. The topological polar surface area (TPSA) is 85.3 Å². The van der Waals surface area contributed by atoms with Crippen LogP contribution in [0.4, 0.5) is 5.69 Å². The van der Waals surface area contributed by atoms with Crippen molar-refractivity contribution < 1.29 is 28.9 Å². The molecule has 102 valence electrons. The highest BCUT2D eigenvalue weighted by atomic mass is 16.7. The lowest BCUT2D eigenvalue weighted by Crippen LogP contribution is -2.35. The largest absolute Gasteiger partial charge is 0.480 e. The molecule has 0 amide bonds. The number of nitrogens with zero attached hydrogens (tertiary/aromatic N) is 1. The molecule has 0 saturated carbocycles. The molecule has 1 heterocycles. The van der Waals surface area contributed by atoms with Crippen LogP contribution >= 0.6 is 0 Å². The summed E-state index contributed by atoms with van der Waals surface area (Å²) < 4.78 is 14.9. The summed E-state index contributed by atoms with van der Waals surface area (Å²) in [4.78, 5) is 23.5. The fraction of sp³-hybridized carbons (Fsp3) is 0.333. The van der Waals surface area contributed by atoms with E-state index in [9.17, 15) is 9.59 Å². The fourth-order valence-electron chi connectivity index (χ4n) is 1.70. The lowest BCUT2D eigenvalue weighted by atomic mass is 10.2. The van der Waals surface area contributed by atoms with E-state index in [1.165, 1.54) is 12.0 Å². The maximum absolute atomic E-state index is 11.3. The van der Waals surface area contributed by atoms with Gasteiger partial charge in [0.15, 0.2) is 11.5 Å². The van der Waals surface area contributed by atoms with Gasteiger partial charge in [-0.3, -0.25) is 9.59 Å². The number of aliphatic carboxylic acids is 1. The Morgan fingerprint density at radius 1 is 1.32 bits per heavy atom. The Morgan fingerprint density at radius 2 is 2.05 bits per heavy atom. The maximum Gasteiger partial charge on any atom is 0.325 e. The first-order valence-corrected chi connectivity index (χ1v) is 5.53. The van der Waals surface area contributed by atoms with Crippen molar-refractivity contribution in [1.29, 1.82) is 0 Å². The minimum Gasteiger partial charge on any atom is -0.480 e. The average molecular weight is 267 g/mol. The molecule has 7 heteroatoms. The fourth-order valence-corrected chi connectivity index (χ4v) is 1.70. The number of carboxylic acid groups (broad SMARTS) is 1. The minimum absolute atomic E-state index is 0.134. The molecule has 0 atom stereocenters. The number of rotatable bonds is 5. The highest BCUT2D eigenvalue weighted by Gasteiger charge is 2.19. The predicted octanol–water partition coefficient (Wildman–Crippen LogP) is 0.479. The van der Waals surface area contributed by atoms with Crippen molar-refractivity contribution in [3.05, 3.63) is 18.2 Å². The SMILES string of the molecule is COC(=O)CN(CC(=O)O)c1ccc2c(c1)OCO2. The first-order valence-electron chi connectivity index (χ1n) is 5.53. The third-order valence-electron chi connectivity index (χ3n) is 2.60. The first kappa shape index (κ1) is 13.0. The van der Waals surface area contributed by atoms with Gasteiger partial charge < -0.3 is 24.2 Å². The number of anilines is 1. The van der Waals surface area contributed by atoms with Gasteiger partial charge in [0, 0.05) is 11.8 Å². The van der Waals surface area contributed by atoms with Crippen LogP contribution in [0.1, 0.15) is 0 Å². The molecule has 0 aromatic heterocycles. The van der Waals surface area contributed by atoms with Crippen molar-refractivity contribution in [2.75, 3.05) is 31.9 Å². The zero-order valence-corrected chi connectivity index (χ0v) is 10.3. The second-order valence-electron chi connectivity index (χ2n) is 3.86. The Bertz CT molecular complexity index is 501. The molecule has 0 saturated heterocycles. The van der Waals surface area contributed by atoms with Crippen LogP contribution in [0.25, 0.3) is 0 Å². The van der Waals surface area contributed by atoms with Crippen LogP contribution in [0.15, 0.2) is 18.2 Å². The molecule has 1 aliphatic rings. The van der Waals surface area contributed by atoms with Gasteiger partial charge in [0.25, 0.3) is 0 Å². The molecule has 7 nitrogen and oxygen atoms in total. The molecule has 0 bridgehead atoms. The van der Waals surface area contributed by atoms with E-state index < -0.39 is 11.9 Å². The molecule has 0 spiro atoms. The number of carbonyl (C=O) groups is 2. The monoisotopic (exact) mass is 267 g/mol. The standard InChI is InChI=1S/C12H13NO6/c1-17-12(16)6-13(5-11(14)15)8-2-3-9-10(4-8)19-7-18-9/h2-4H,5-7H2,1H3,(H,14,15). The van der Waals surface area contributed by atoms with Crippen LogP contribution < -0.4 is 14.4 Å². The number of benzene rings is 1. The third-order valence-corrected chi connectivity index (χ3v) is 2.60. The van der Waals surface area contributed by atoms with E-state index in [-0.39, 0.29) is 19.9 Å². The second kappa shape index (κ2) is 5.47. The summed E-state index contributed by atoms with van der Waals surface area (Å²) in [5.74, 6) is -0.435. The highest BCUT2D eigenvalue weighted by Crippen LogP contribution is 2.35. The lowest BCUT2D eigenvalue weighted by Gasteiger charge is -2.21. The van der Waals surface area contributed by atoms with Gasteiger partial charge in [-0.1, -0.05) is 0 Å². The van der Waals surface area contributed by atoms with E-state index in [1.807, 2.05) is 0 Å². The molecule has 1 N–H and O–H groups in total. The summed E-state index contributed by atoms with van der Waals surface area (Å²) in [6, 6.07) is 4.97. The smallest absolute Gasteiger partial charge is 0.325 e. The molecule has 1 aliphatic heterocycles. The van der Waals surface area contributed by atoms with Gasteiger partial charge in [0.1, 0.15) is 13.1 Å². The Labute approximate surface area is 109 Å². The summed E-state index contributed by atoms with van der Waals surface area (Å²) in [6.45, 7) is -0.327. The van der Waals surface area contributed by atoms with Gasteiger partial charge in [0.05, 0.1) is 7.11 Å². The molecule has 2 rings (SSSR count). The minimum atomic E-state index is -1.04. The van der Waals surface area contributed by atoms with Crippen molar-refractivity contribution in [3.8, 4) is 11.5 Å². The summed E-state index contributed by atoms with van der Waals surface area (Å²) >= 11 is 0. The Hall–Kier alpha value is -2.44. The van der Waals surface area contributed by atoms with E-state index >= 15 is 0 Å². The number of hydrogen-bond donors (Lipinski definition) is 1. The normalized spacial score (nSPS) is 12.1. The van der Waals surface area contributed by atoms with Crippen molar-refractivity contribution in [1.82, 2.24) is 0 Å². The van der Waals surface area contributed by atoms with E-state index in [0.29, 0.717) is 17.2 Å². The number of carbonyl (C=O) groups excluding carboxylic acids is 1. The molecule has 1 aromatic carbocycles. The lowest BCUT2D eigenvalue weighted by molar-refractivity contribution is -0.139. The van der Waals surface area contributed by atoms with Gasteiger partial charge in [-0.15, -0.1) is 0 Å². The molecule has 19 heavy (non-hydrogen) atoms. The third kappa shape index (κ3) is 3.06. The van der Waals surface area contributed by atoms with Crippen LogP contribution in [0, 0.1) is 0 Å². The van der Waals surface area contributed by atoms with Crippen molar-refractivity contribution in [2.45, 2.75) is 0 Å². The molecule has 0 fully saturated rings. The number of fused-ring (bicyclic) bond motifs is 1. The predicted molar refractivity (Wildman–Crippen MR) is 64.4 cm³/mol. The van der Waals surface area contributed by atoms with Crippen LogP contribution in [0.5, 0.6) is 11.5 Å². The van der Waals surface area contributed by atoms with Crippen molar-refractivity contribution in [3.63, 3.8) is 0 Å². The molecular weight excluding hydrogens is 254 g/mol. The van der Waals surface area contributed by atoms with Crippen LogP contribution in [0.3, 0.4) is 0 Å². The van der Waals surface area contributed by atoms with Gasteiger partial charge in [-0.05, 0) is 12.1 Å². The van der Waals surface area contributed by atoms with Crippen LogP contribution in [-0.2, 0) is 14.3 Å². The molecule has 0 radical (unpaired) electrons. The second-order valence-corrected chi connectivity index (χ2v) is 3.86. The first-order chi connectivity index (χ1) is 9.10. The maximum atomic E-state index is 11.3. The number of hydrogen-bond acceptors (Lipinski definition) is 6. The summed E-state index contributed by atoms with van der Waals surface area (Å²) in [5.41, 5.74) is 0.553. The number of methoxy groups -OCH3 is 1. The van der Waals surface area contributed by atoms with E-state index in [1.54, 1.807) is 18.2 Å². The zero-order chi connectivity index (χ0) is 13.8. The van der Waals surface area contributed by atoms with Crippen LogP contribution in [-0.4, -0.2) is 44.0 Å². The quantitative estimate of drug-likeness (QED) is 0.776. The van der Waals surface area contributed by atoms with Crippen molar-refractivity contribution in [2.24, 2.45) is 0 Å². The summed E-state index contributed by atoms with van der Waals surface area (Å²) in [7, 11) is 1.25. The van der Waals surface area contributed by atoms with Gasteiger partial charge >= 0.3 is 11.9 Å². The van der Waals surface area contributed by atoms with E-state index in [4.69, 9.17) is 14.6 Å². The summed E-state index contributed by atoms with van der Waals surface area (Å²) in [6.07, 6.45) is 0. The van der Waals surface area contributed by atoms with Gasteiger partial charge in [-0.25, -0.2) is 0 Å². The Balaban J connectivity index is 2.21. The number of ether oxygens (including phenoxy) is 3. The Kier molecular flexibility index (Phi) is 3.74. The van der Waals surface area contributed by atoms with Crippen LogP contribution in [0.2, 0.25) is 0 Å². The molecule has 0 aliphatic carbocycles. The summed E-state index contributed by atoms with van der Waals surface area (Å²) in [5, 5.41) is 8.87. The van der Waals surface area contributed by atoms with E-state index in [2.05, 4.69) is 4.74 Å². The Morgan fingerprint density at radius 3 is 2.74 bits per heavy atom. The molecular formula is C12H13NO6. The van der Waals surface area contributed by atoms with Gasteiger partial charge in [0.2, 0.25) is 6.79 Å². The number of esters is 1. The van der Waals surface area contributed by atoms with Gasteiger partial charge in [-0.2, -0.15) is 0 Å². The number of carboxylic acids is 1. The highest BCUT2D eigenvalue weighted by molar-refractivity contribution is 5.80.